The van der Waals surface area contributed by atoms with E-state index >= 15 is 0 Å². The van der Waals surface area contributed by atoms with Crippen molar-refractivity contribution < 1.29 is 9.90 Å². The summed E-state index contributed by atoms with van der Waals surface area (Å²) in [6, 6.07) is 10.9. The van der Waals surface area contributed by atoms with Gasteiger partial charge in [-0.25, -0.2) is 9.78 Å². The molecule has 3 aromatic rings. The van der Waals surface area contributed by atoms with Gasteiger partial charge in [-0.2, -0.15) is 5.10 Å². The molecule has 3 rings (SSSR count). The summed E-state index contributed by atoms with van der Waals surface area (Å²) in [6.07, 6.45) is 1.87. The van der Waals surface area contributed by atoms with Crippen LogP contribution in [0.4, 0.5) is 5.69 Å². The third-order valence-corrected chi connectivity index (χ3v) is 3.16. The van der Waals surface area contributed by atoms with E-state index in [1.54, 1.807) is 16.8 Å². The third kappa shape index (κ3) is 2.69. The first-order valence-electron chi connectivity index (χ1n) is 6.49. The molecule has 1 aromatic carbocycles. The van der Waals surface area contributed by atoms with Crippen LogP contribution in [0, 0.1) is 0 Å². The van der Waals surface area contributed by atoms with Gasteiger partial charge in [0.2, 0.25) is 0 Å². The Kier molecular flexibility index (Phi) is 3.27. The SMILES string of the molecule is Cn1ccc(CNc2cc(C(=O)O)nc3ccccc23)n1. The number of carbonyl (C=O) groups is 1. The van der Waals surface area contributed by atoms with Crippen molar-refractivity contribution >= 4 is 22.6 Å². The van der Waals surface area contributed by atoms with E-state index in [1.165, 1.54) is 0 Å². The first-order chi connectivity index (χ1) is 10.1. The Labute approximate surface area is 121 Å². The zero-order chi connectivity index (χ0) is 14.8. The lowest BCUT2D eigenvalue weighted by Gasteiger charge is -2.09. The second-order valence-electron chi connectivity index (χ2n) is 4.71. The van der Waals surface area contributed by atoms with Crippen LogP contribution in [0.25, 0.3) is 10.9 Å². The number of aryl methyl sites for hydroxylation is 1. The molecule has 0 aliphatic rings. The first-order valence-corrected chi connectivity index (χ1v) is 6.49. The quantitative estimate of drug-likeness (QED) is 0.767. The monoisotopic (exact) mass is 282 g/mol. The average Bonchev–Trinajstić information content (AvgIpc) is 2.90. The number of carboxylic acids is 1. The fraction of sp³-hybridized carbons (Fsp3) is 0.133. The van der Waals surface area contributed by atoms with Crippen LogP contribution in [-0.4, -0.2) is 25.8 Å². The molecular weight excluding hydrogens is 268 g/mol. The normalized spacial score (nSPS) is 10.7. The molecule has 0 fully saturated rings. The van der Waals surface area contributed by atoms with Gasteiger partial charge in [0.1, 0.15) is 0 Å². The molecule has 21 heavy (non-hydrogen) atoms. The van der Waals surface area contributed by atoms with Crippen LogP contribution in [0.5, 0.6) is 0 Å². The number of para-hydroxylation sites is 1. The Bertz CT molecular complexity index is 810. The highest BCUT2D eigenvalue weighted by Gasteiger charge is 2.10. The molecule has 0 amide bonds. The van der Waals surface area contributed by atoms with Crippen molar-refractivity contribution in [3.63, 3.8) is 0 Å². The van der Waals surface area contributed by atoms with Gasteiger partial charge in [-0.1, -0.05) is 18.2 Å². The van der Waals surface area contributed by atoms with Gasteiger partial charge in [0.15, 0.2) is 5.69 Å². The summed E-state index contributed by atoms with van der Waals surface area (Å²) in [5.41, 5.74) is 2.30. The van der Waals surface area contributed by atoms with E-state index in [4.69, 9.17) is 5.11 Å². The molecule has 106 valence electrons. The molecule has 0 unspecified atom stereocenters. The van der Waals surface area contributed by atoms with Crippen molar-refractivity contribution in [2.24, 2.45) is 7.05 Å². The van der Waals surface area contributed by atoms with Crippen molar-refractivity contribution in [2.75, 3.05) is 5.32 Å². The van der Waals surface area contributed by atoms with E-state index in [2.05, 4.69) is 15.4 Å². The number of rotatable bonds is 4. The number of hydrogen-bond donors (Lipinski definition) is 2. The van der Waals surface area contributed by atoms with Gasteiger partial charge in [0.05, 0.1) is 17.8 Å². The fourth-order valence-corrected chi connectivity index (χ4v) is 2.17. The summed E-state index contributed by atoms with van der Waals surface area (Å²) >= 11 is 0. The number of pyridine rings is 1. The minimum Gasteiger partial charge on any atom is -0.477 e. The summed E-state index contributed by atoms with van der Waals surface area (Å²) in [7, 11) is 1.86. The van der Waals surface area contributed by atoms with Gasteiger partial charge in [-0.05, 0) is 18.2 Å². The van der Waals surface area contributed by atoms with E-state index in [9.17, 15) is 4.79 Å². The number of nitrogens with zero attached hydrogens (tertiary/aromatic N) is 3. The second-order valence-corrected chi connectivity index (χ2v) is 4.71. The number of aromatic carboxylic acids is 1. The summed E-state index contributed by atoms with van der Waals surface area (Å²) in [4.78, 5) is 15.3. The standard InChI is InChI=1S/C15H14N4O2/c1-19-7-6-10(18-19)9-16-13-8-14(15(20)21)17-12-5-3-2-4-11(12)13/h2-8H,9H2,1H3,(H,16,17)(H,20,21). The summed E-state index contributed by atoms with van der Waals surface area (Å²) in [5.74, 6) is -1.04. The predicted molar refractivity (Wildman–Crippen MR) is 79.2 cm³/mol. The number of anilines is 1. The highest BCUT2D eigenvalue weighted by Crippen LogP contribution is 2.23. The van der Waals surface area contributed by atoms with Crippen LogP contribution in [0.2, 0.25) is 0 Å². The first kappa shape index (κ1) is 13.1. The van der Waals surface area contributed by atoms with Gasteiger partial charge in [-0.15, -0.1) is 0 Å². The van der Waals surface area contributed by atoms with E-state index in [1.807, 2.05) is 37.5 Å². The lowest BCUT2D eigenvalue weighted by molar-refractivity contribution is 0.0691. The van der Waals surface area contributed by atoms with Crippen LogP contribution in [0.3, 0.4) is 0 Å². The predicted octanol–water partition coefficient (Wildman–Crippen LogP) is 2.28. The Balaban J connectivity index is 1.97. The maximum absolute atomic E-state index is 11.2. The zero-order valence-electron chi connectivity index (χ0n) is 11.4. The fourth-order valence-electron chi connectivity index (χ4n) is 2.17. The summed E-state index contributed by atoms with van der Waals surface area (Å²) < 4.78 is 1.73. The number of hydrogen-bond acceptors (Lipinski definition) is 4. The van der Waals surface area contributed by atoms with Crippen LogP contribution in [0.15, 0.2) is 42.6 Å². The number of benzene rings is 1. The Morgan fingerprint density at radius 3 is 2.86 bits per heavy atom. The van der Waals surface area contributed by atoms with Crippen molar-refractivity contribution in [1.29, 1.82) is 0 Å². The average molecular weight is 282 g/mol. The summed E-state index contributed by atoms with van der Waals surface area (Å²) in [6.45, 7) is 0.522. The molecule has 6 heteroatoms. The molecule has 6 nitrogen and oxygen atoms in total. The maximum atomic E-state index is 11.2. The largest absolute Gasteiger partial charge is 0.477 e. The molecule has 0 saturated heterocycles. The lowest BCUT2D eigenvalue weighted by atomic mass is 10.1. The van der Waals surface area contributed by atoms with Crippen LogP contribution >= 0.6 is 0 Å². The number of aromatic nitrogens is 3. The highest BCUT2D eigenvalue weighted by atomic mass is 16.4. The number of nitrogens with one attached hydrogen (secondary N) is 1. The maximum Gasteiger partial charge on any atom is 0.354 e. The van der Waals surface area contributed by atoms with E-state index in [0.717, 1.165) is 16.8 Å². The third-order valence-electron chi connectivity index (χ3n) is 3.16. The number of carboxylic acid groups (broad SMARTS) is 1. The van der Waals surface area contributed by atoms with Gasteiger partial charge in [0.25, 0.3) is 0 Å². The molecule has 2 N–H and O–H groups in total. The molecule has 0 aliphatic heterocycles. The molecule has 0 radical (unpaired) electrons. The summed E-state index contributed by atoms with van der Waals surface area (Å²) in [5, 5.41) is 17.6. The molecular formula is C15H14N4O2. The lowest BCUT2D eigenvalue weighted by Crippen LogP contribution is -2.06. The van der Waals surface area contributed by atoms with Gasteiger partial charge < -0.3 is 10.4 Å². The van der Waals surface area contributed by atoms with Crippen LogP contribution in [0.1, 0.15) is 16.2 Å². The van der Waals surface area contributed by atoms with Crippen molar-refractivity contribution in [3.05, 3.63) is 54.0 Å². The van der Waals surface area contributed by atoms with Crippen molar-refractivity contribution in [1.82, 2.24) is 14.8 Å². The van der Waals surface area contributed by atoms with Crippen LogP contribution < -0.4 is 5.32 Å². The Morgan fingerprint density at radius 1 is 1.33 bits per heavy atom. The second kappa shape index (κ2) is 5.24. The zero-order valence-corrected chi connectivity index (χ0v) is 11.4. The molecule has 0 bridgehead atoms. The molecule has 2 aromatic heterocycles. The van der Waals surface area contributed by atoms with Gasteiger partial charge in [-0.3, -0.25) is 4.68 Å². The Hall–Kier alpha value is -2.89. The topological polar surface area (TPSA) is 80.0 Å². The van der Waals surface area contributed by atoms with Crippen molar-refractivity contribution in [2.45, 2.75) is 6.54 Å². The highest BCUT2D eigenvalue weighted by molar-refractivity contribution is 5.97. The van der Waals surface area contributed by atoms with E-state index < -0.39 is 5.97 Å². The van der Waals surface area contributed by atoms with Crippen molar-refractivity contribution in [3.8, 4) is 0 Å². The van der Waals surface area contributed by atoms with E-state index in [0.29, 0.717) is 12.1 Å². The minimum atomic E-state index is -1.04. The molecule has 2 heterocycles. The molecule has 0 spiro atoms. The minimum absolute atomic E-state index is 0.0252. The van der Waals surface area contributed by atoms with E-state index in [-0.39, 0.29) is 5.69 Å². The molecule has 0 aliphatic carbocycles. The number of fused-ring (bicyclic) bond motifs is 1. The van der Waals surface area contributed by atoms with Gasteiger partial charge >= 0.3 is 5.97 Å². The smallest absolute Gasteiger partial charge is 0.354 e. The molecule has 0 saturated carbocycles. The van der Waals surface area contributed by atoms with Crippen LogP contribution in [-0.2, 0) is 13.6 Å². The Morgan fingerprint density at radius 2 is 2.14 bits per heavy atom. The van der Waals surface area contributed by atoms with Gasteiger partial charge in [0, 0.05) is 24.3 Å². The molecule has 0 atom stereocenters.